The molecule has 12 saturated carbocycles. The van der Waals surface area contributed by atoms with Crippen LogP contribution in [0, 0.1) is 63.1 Å². The Morgan fingerprint density at radius 3 is 1.64 bits per heavy atom. The highest BCUT2D eigenvalue weighted by Gasteiger charge is 2.69. The highest BCUT2D eigenvalue weighted by molar-refractivity contribution is 5.86. The molecule has 0 aromatic heterocycles. The van der Waals surface area contributed by atoms with Gasteiger partial charge in [0.15, 0.2) is 11.6 Å². The molecule has 10 heteroatoms. The summed E-state index contributed by atoms with van der Waals surface area (Å²) < 4.78 is 32.7. The van der Waals surface area contributed by atoms with E-state index in [4.69, 9.17) is 23.7 Å². The molecule has 13 fully saturated rings. The maximum Gasteiger partial charge on any atom is 0.312 e. The fourth-order valence-corrected chi connectivity index (χ4v) is 15.6. The third-order valence-electron chi connectivity index (χ3n) is 16.6. The van der Waals surface area contributed by atoms with Crippen LogP contribution < -0.4 is 0 Å². The predicted octanol–water partition coefficient (Wildman–Crippen LogP) is 5.68. The second-order valence-corrected chi connectivity index (χ2v) is 22.5. The Labute approximate surface area is 314 Å². The summed E-state index contributed by atoms with van der Waals surface area (Å²) in [6, 6.07) is 0. The molecule has 12 aliphatic carbocycles. The van der Waals surface area contributed by atoms with Gasteiger partial charge in [-0.1, -0.05) is 20.8 Å². The summed E-state index contributed by atoms with van der Waals surface area (Å²) in [6.07, 6.45) is 13.5. The highest BCUT2D eigenvalue weighted by atomic mass is 16.7. The van der Waals surface area contributed by atoms with E-state index in [9.17, 15) is 24.6 Å². The molecular formula is C43H62O10. The zero-order chi connectivity index (χ0) is 36.9. The van der Waals surface area contributed by atoms with Crippen molar-refractivity contribution in [3.05, 3.63) is 0 Å². The minimum Gasteiger partial charge on any atom is -0.465 e. The summed E-state index contributed by atoms with van der Waals surface area (Å²) in [6.45, 7) is 6.65. The van der Waals surface area contributed by atoms with Crippen molar-refractivity contribution in [3.63, 3.8) is 0 Å². The van der Waals surface area contributed by atoms with Gasteiger partial charge in [-0.15, -0.1) is 0 Å². The van der Waals surface area contributed by atoms with Gasteiger partial charge < -0.3 is 33.9 Å². The smallest absolute Gasteiger partial charge is 0.312 e. The molecule has 13 rings (SSSR count). The lowest BCUT2D eigenvalue weighted by Gasteiger charge is -2.65. The van der Waals surface area contributed by atoms with Gasteiger partial charge in [-0.25, -0.2) is 0 Å². The van der Waals surface area contributed by atoms with E-state index in [-0.39, 0.29) is 61.4 Å². The summed E-state index contributed by atoms with van der Waals surface area (Å²) in [7, 11) is 0. The van der Waals surface area contributed by atoms with Gasteiger partial charge in [0, 0.05) is 17.3 Å². The van der Waals surface area contributed by atoms with E-state index >= 15 is 0 Å². The molecule has 6 atom stereocenters. The van der Waals surface area contributed by atoms with Crippen LogP contribution in [0.5, 0.6) is 0 Å². The summed E-state index contributed by atoms with van der Waals surface area (Å²) in [5.41, 5.74) is -4.57. The van der Waals surface area contributed by atoms with Crippen molar-refractivity contribution in [2.75, 3.05) is 33.0 Å². The van der Waals surface area contributed by atoms with Gasteiger partial charge in [0.05, 0.1) is 41.9 Å². The minimum atomic E-state index is -1.17. The first kappa shape index (κ1) is 35.8. The zero-order valence-corrected chi connectivity index (χ0v) is 32.3. The van der Waals surface area contributed by atoms with E-state index in [0.717, 1.165) is 83.5 Å². The Morgan fingerprint density at radius 1 is 0.623 bits per heavy atom. The van der Waals surface area contributed by atoms with Crippen LogP contribution in [-0.4, -0.2) is 83.6 Å². The van der Waals surface area contributed by atoms with Crippen molar-refractivity contribution in [3.8, 4) is 0 Å². The first-order valence-electron chi connectivity index (χ1n) is 21.2. The molecule has 0 aromatic rings. The second-order valence-electron chi connectivity index (χ2n) is 22.5. The van der Waals surface area contributed by atoms with Crippen molar-refractivity contribution in [1.82, 2.24) is 0 Å². The van der Waals surface area contributed by atoms with Crippen LogP contribution in [0.2, 0.25) is 0 Å². The predicted molar refractivity (Wildman–Crippen MR) is 190 cm³/mol. The quantitative estimate of drug-likeness (QED) is 0.285. The molecule has 1 heterocycles. The van der Waals surface area contributed by atoms with Gasteiger partial charge in [-0.05, 0) is 144 Å². The number of carbonyl (C=O) groups excluding carboxylic acids is 3. The van der Waals surface area contributed by atoms with Gasteiger partial charge in [0.2, 0.25) is 0 Å². The lowest BCUT2D eigenvalue weighted by molar-refractivity contribution is -0.398. The lowest BCUT2D eigenvalue weighted by Crippen LogP contribution is -2.70. The van der Waals surface area contributed by atoms with Crippen LogP contribution in [0.1, 0.15) is 130 Å². The van der Waals surface area contributed by atoms with Crippen LogP contribution in [0.3, 0.4) is 0 Å². The van der Waals surface area contributed by atoms with E-state index in [1.165, 1.54) is 0 Å². The Bertz CT molecular complexity index is 1440. The Hall–Kier alpha value is -1.59. The molecule has 294 valence electrons. The second kappa shape index (κ2) is 11.5. The van der Waals surface area contributed by atoms with E-state index in [0.29, 0.717) is 61.9 Å². The average molecular weight is 739 g/mol. The number of Topliss-reactive ketones (excluding diaryl/α,β-unsaturated/α-hetero) is 1. The Kier molecular flexibility index (Phi) is 7.77. The minimum absolute atomic E-state index is 0.0321. The van der Waals surface area contributed by atoms with E-state index in [1.807, 2.05) is 0 Å². The maximum absolute atomic E-state index is 14.2. The Morgan fingerprint density at radius 2 is 1.11 bits per heavy atom. The van der Waals surface area contributed by atoms with Crippen LogP contribution in [0.4, 0.5) is 0 Å². The van der Waals surface area contributed by atoms with E-state index < -0.39 is 38.8 Å². The number of esters is 2. The van der Waals surface area contributed by atoms with Crippen molar-refractivity contribution < 1.29 is 48.3 Å². The van der Waals surface area contributed by atoms with Gasteiger partial charge in [-0.3, -0.25) is 14.4 Å². The summed E-state index contributed by atoms with van der Waals surface area (Å²) >= 11 is 0. The largest absolute Gasteiger partial charge is 0.465 e. The fourth-order valence-electron chi connectivity index (χ4n) is 15.6. The van der Waals surface area contributed by atoms with Crippen LogP contribution in [0.15, 0.2) is 0 Å². The molecule has 13 aliphatic rings. The normalized spacial score (nSPS) is 52.7. The van der Waals surface area contributed by atoms with Crippen molar-refractivity contribution in [2.45, 2.75) is 153 Å². The molecule has 1 spiro atoms. The SMILES string of the molecule is CC(C)(C)COC(=O)C12CC3CC(C1)C1(OCC(COC(=O)C45CC6CC(CC(O)(C6)C4)C5)(OCC(=O)C45CC6CC(CC(O)(C6)C4)C5)CO1)C(C3)C2. The van der Waals surface area contributed by atoms with Gasteiger partial charge >= 0.3 is 11.9 Å². The molecule has 12 bridgehead atoms. The molecule has 0 radical (unpaired) electrons. The van der Waals surface area contributed by atoms with Gasteiger partial charge in [0.25, 0.3) is 0 Å². The molecule has 2 N–H and O–H groups in total. The first-order valence-corrected chi connectivity index (χ1v) is 21.2. The number of hydrogen-bond acceptors (Lipinski definition) is 10. The highest BCUT2D eigenvalue weighted by Crippen LogP contribution is 2.67. The lowest BCUT2D eigenvalue weighted by atomic mass is 9.47. The maximum atomic E-state index is 14.2. The first-order chi connectivity index (χ1) is 24.9. The molecule has 6 unspecified atom stereocenters. The van der Waals surface area contributed by atoms with Gasteiger partial charge in [-0.2, -0.15) is 0 Å². The standard InChI is InChI=1S/C43H62O10/c1-36(2,3)22-49-34(45)37-8-26-6-31(17-37)43(32(7-26)18-37)52-24-42(25-53-43,23-50-35(46)39-11-29-5-30(12-39)16-41(48,15-29)21-39)51-19-33(44)38-9-27-4-28(10-38)14-40(47,13-27)20-38/h26-32,47-48H,4-25H2,1-3H3. The molecule has 53 heavy (non-hydrogen) atoms. The van der Waals surface area contributed by atoms with Crippen LogP contribution in [-0.2, 0) is 38.1 Å². The molecule has 1 aliphatic heterocycles. The monoisotopic (exact) mass is 738 g/mol. The average Bonchev–Trinajstić information content (AvgIpc) is 3.05. The van der Waals surface area contributed by atoms with Crippen molar-refractivity contribution >= 4 is 17.7 Å². The molecule has 10 nitrogen and oxygen atoms in total. The number of hydrogen-bond donors (Lipinski definition) is 2. The molecule has 0 amide bonds. The Balaban J connectivity index is 0.871. The number of rotatable bonds is 9. The zero-order valence-electron chi connectivity index (χ0n) is 32.3. The third kappa shape index (κ3) is 5.74. The summed E-state index contributed by atoms with van der Waals surface area (Å²) in [5, 5.41) is 22.8. The third-order valence-corrected chi connectivity index (χ3v) is 16.6. The molecular weight excluding hydrogens is 676 g/mol. The van der Waals surface area contributed by atoms with Crippen LogP contribution >= 0.6 is 0 Å². The van der Waals surface area contributed by atoms with Crippen molar-refractivity contribution in [2.24, 2.45) is 63.1 Å². The molecule has 0 aromatic carbocycles. The van der Waals surface area contributed by atoms with Crippen LogP contribution in [0.25, 0.3) is 0 Å². The summed E-state index contributed by atoms with van der Waals surface area (Å²) in [5.74, 6) is 0.791. The number of carbonyl (C=O) groups is 3. The van der Waals surface area contributed by atoms with Crippen molar-refractivity contribution in [1.29, 1.82) is 0 Å². The van der Waals surface area contributed by atoms with Gasteiger partial charge in [0.1, 0.15) is 18.8 Å². The van der Waals surface area contributed by atoms with E-state index in [2.05, 4.69) is 20.8 Å². The number of ketones is 1. The van der Waals surface area contributed by atoms with E-state index in [1.54, 1.807) is 0 Å². The summed E-state index contributed by atoms with van der Waals surface area (Å²) in [4.78, 5) is 42.0. The fraction of sp³-hybridized carbons (Fsp3) is 0.930. The number of aliphatic hydroxyl groups is 2. The topological polar surface area (TPSA) is 138 Å². The number of ether oxygens (including phenoxy) is 5. The molecule has 1 saturated heterocycles.